The standard InChI is InChI=1S/C18H21NO3/c1-20-15-6-4-5-14-13(15)9-10-19-18(14)12-7-8-16(21-2)17(11-12)22-3/h4-8,11,18-19H,9-10H2,1-3H3. The molecular weight excluding hydrogens is 278 g/mol. The zero-order chi connectivity index (χ0) is 15.5. The van der Waals surface area contributed by atoms with Crippen LogP contribution >= 0.6 is 0 Å². The zero-order valence-electron chi connectivity index (χ0n) is 13.2. The van der Waals surface area contributed by atoms with Gasteiger partial charge in [-0.1, -0.05) is 18.2 Å². The van der Waals surface area contributed by atoms with Crippen LogP contribution in [0.25, 0.3) is 0 Å². The lowest BCUT2D eigenvalue weighted by Gasteiger charge is -2.29. The minimum atomic E-state index is 0.138. The highest BCUT2D eigenvalue weighted by atomic mass is 16.5. The molecule has 2 aromatic rings. The Morgan fingerprint density at radius 2 is 1.68 bits per heavy atom. The van der Waals surface area contributed by atoms with Crippen molar-refractivity contribution in [3.63, 3.8) is 0 Å². The molecule has 0 amide bonds. The van der Waals surface area contributed by atoms with Gasteiger partial charge in [0.05, 0.1) is 27.4 Å². The number of rotatable bonds is 4. The second kappa shape index (κ2) is 6.28. The van der Waals surface area contributed by atoms with Crippen LogP contribution in [-0.4, -0.2) is 27.9 Å². The number of fused-ring (bicyclic) bond motifs is 1. The molecule has 3 rings (SSSR count). The van der Waals surface area contributed by atoms with Gasteiger partial charge in [-0.2, -0.15) is 0 Å². The fourth-order valence-electron chi connectivity index (χ4n) is 3.09. The first kappa shape index (κ1) is 14.7. The van der Waals surface area contributed by atoms with E-state index >= 15 is 0 Å². The van der Waals surface area contributed by atoms with Gasteiger partial charge in [0.2, 0.25) is 0 Å². The maximum atomic E-state index is 5.51. The van der Waals surface area contributed by atoms with Crippen LogP contribution in [0.2, 0.25) is 0 Å². The molecule has 1 aliphatic rings. The lowest BCUT2D eigenvalue weighted by atomic mass is 9.89. The maximum Gasteiger partial charge on any atom is 0.161 e. The van der Waals surface area contributed by atoms with Crippen LogP contribution in [-0.2, 0) is 6.42 Å². The SMILES string of the molecule is COc1ccc(C2NCCc3c(OC)cccc32)cc1OC. The quantitative estimate of drug-likeness (QED) is 0.942. The van der Waals surface area contributed by atoms with Crippen LogP contribution in [0.5, 0.6) is 17.2 Å². The molecule has 0 aliphatic carbocycles. The summed E-state index contributed by atoms with van der Waals surface area (Å²) in [5.41, 5.74) is 3.70. The number of nitrogens with one attached hydrogen (secondary N) is 1. The zero-order valence-corrected chi connectivity index (χ0v) is 13.2. The van der Waals surface area contributed by atoms with Crippen molar-refractivity contribution in [3.05, 3.63) is 53.1 Å². The molecule has 2 aromatic carbocycles. The molecular formula is C18H21NO3. The Hall–Kier alpha value is -2.20. The summed E-state index contributed by atoms with van der Waals surface area (Å²) in [6, 6.07) is 12.4. The molecule has 0 aromatic heterocycles. The van der Waals surface area contributed by atoms with Crippen molar-refractivity contribution >= 4 is 0 Å². The van der Waals surface area contributed by atoms with Gasteiger partial charge in [0.15, 0.2) is 11.5 Å². The molecule has 0 saturated heterocycles. The van der Waals surface area contributed by atoms with Crippen LogP contribution in [0.4, 0.5) is 0 Å². The Bertz CT molecular complexity index is 669. The van der Waals surface area contributed by atoms with E-state index in [-0.39, 0.29) is 6.04 Å². The lowest BCUT2D eigenvalue weighted by molar-refractivity contribution is 0.354. The Labute approximate surface area is 131 Å². The Morgan fingerprint density at radius 1 is 0.909 bits per heavy atom. The molecule has 1 atom stereocenters. The van der Waals surface area contributed by atoms with E-state index < -0.39 is 0 Å². The smallest absolute Gasteiger partial charge is 0.161 e. The number of methoxy groups -OCH3 is 3. The monoisotopic (exact) mass is 299 g/mol. The lowest BCUT2D eigenvalue weighted by Crippen LogP contribution is -2.30. The highest BCUT2D eigenvalue weighted by Crippen LogP contribution is 2.37. The largest absolute Gasteiger partial charge is 0.496 e. The van der Waals surface area contributed by atoms with Crippen LogP contribution in [0.1, 0.15) is 22.7 Å². The van der Waals surface area contributed by atoms with Gasteiger partial charge in [-0.05, 0) is 35.7 Å². The molecule has 0 spiro atoms. The van der Waals surface area contributed by atoms with Gasteiger partial charge in [-0.25, -0.2) is 0 Å². The second-order valence-electron chi connectivity index (χ2n) is 5.28. The molecule has 116 valence electrons. The first-order valence-electron chi connectivity index (χ1n) is 7.39. The van der Waals surface area contributed by atoms with E-state index in [1.165, 1.54) is 11.1 Å². The minimum Gasteiger partial charge on any atom is -0.496 e. The van der Waals surface area contributed by atoms with Crippen LogP contribution in [0.3, 0.4) is 0 Å². The average Bonchev–Trinajstić information content (AvgIpc) is 2.60. The molecule has 1 heterocycles. The summed E-state index contributed by atoms with van der Waals surface area (Å²) < 4.78 is 16.2. The number of hydrogen-bond donors (Lipinski definition) is 1. The van der Waals surface area contributed by atoms with Crippen molar-refractivity contribution < 1.29 is 14.2 Å². The fraction of sp³-hybridized carbons (Fsp3) is 0.333. The van der Waals surface area contributed by atoms with E-state index in [1.54, 1.807) is 21.3 Å². The molecule has 0 radical (unpaired) electrons. The predicted molar refractivity (Wildman–Crippen MR) is 86.1 cm³/mol. The molecule has 0 fully saturated rings. The van der Waals surface area contributed by atoms with Crippen LogP contribution < -0.4 is 19.5 Å². The van der Waals surface area contributed by atoms with Gasteiger partial charge in [-0.3, -0.25) is 0 Å². The topological polar surface area (TPSA) is 39.7 Å². The van der Waals surface area contributed by atoms with Crippen molar-refractivity contribution in [2.45, 2.75) is 12.5 Å². The third-order valence-electron chi connectivity index (χ3n) is 4.16. The molecule has 1 N–H and O–H groups in total. The summed E-state index contributed by atoms with van der Waals surface area (Å²) in [5, 5.41) is 3.58. The van der Waals surface area contributed by atoms with Crippen molar-refractivity contribution in [2.75, 3.05) is 27.9 Å². The molecule has 1 aliphatic heterocycles. The predicted octanol–water partition coefficient (Wildman–Crippen LogP) is 2.95. The summed E-state index contributed by atoms with van der Waals surface area (Å²) in [5.74, 6) is 2.45. The summed E-state index contributed by atoms with van der Waals surface area (Å²) in [6.45, 7) is 0.923. The molecule has 4 heteroatoms. The third-order valence-corrected chi connectivity index (χ3v) is 4.16. The second-order valence-corrected chi connectivity index (χ2v) is 5.28. The molecule has 0 bridgehead atoms. The van der Waals surface area contributed by atoms with E-state index in [1.807, 2.05) is 24.3 Å². The van der Waals surface area contributed by atoms with Gasteiger partial charge in [0.25, 0.3) is 0 Å². The number of hydrogen-bond acceptors (Lipinski definition) is 4. The van der Waals surface area contributed by atoms with Gasteiger partial charge < -0.3 is 19.5 Å². The third kappa shape index (κ3) is 2.50. The van der Waals surface area contributed by atoms with Gasteiger partial charge in [0.1, 0.15) is 5.75 Å². The Kier molecular flexibility index (Phi) is 4.20. The van der Waals surface area contributed by atoms with E-state index in [0.29, 0.717) is 0 Å². The first-order chi connectivity index (χ1) is 10.8. The molecule has 1 unspecified atom stereocenters. The normalized spacial score (nSPS) is 16.8. The van der Waals surface area contributed by atoms with E-state index in [2.05, 4.69) is 17.4 Å². The van der Waals surface area contributed by atoms with Gasteiger partial charge >= 0.3 is 0 Å². The van der Waals surface area contributed by atoms with E-state index in [9.17, 15) is 0 Å². The molecule has 22 heavy (non-hydrogen) atoms. The van der Waals surface area contributed by atoms with E-state index in [0.717, 1.165) is 35.8 Å². The van der Waals surface area contributed by atoms with Gasteiger partial charge in [-0.15, -0.1) is 0 Å². The van der Waals surface area contributed by atoms with Crippen molar-refractivity contribution in [1.29, 1.82) is 0 Å². The maximum absolute atomic E-state index is 5.51. The first-order valence-corrected chi connectivity index (χ1v) is 7.39. The van der Waals surface area contributed by atoms with Crippen molar-refractivity contribution in [1.82, 2.24) is 5.32 Å². The van der Waals surface area contributed by atoms with Crippen LogP contribution in [0, 0.1) is 0 Å². The summed E-state index contributed by atoms with van der Waals surface area (Å²) >= 11 is 0. The summed E-state index contributed by atoms with van der Waals surface area (Å²) in [7, 11) is 5.03. The Morgan fingerprint density at radius 3 is 2.41 bits per heavy atom. The summed E-state index contributed by atoms with van der Waals surface area (Å²) in [6.07, 6.45) is 0.975. The fourth-order valence-corrected chi connectivity index (χ4v) is 3.09. The molecule has 0 saturated carbocycles. The van der Waals surface area contributed by atoms with Gasteiger partial charge in [0, 0.05) is 12.1 Å². The molecule has 4 nitrogen and oxygen atoms in total. The number of ether oxygens (including phenoxy) is 3. The average molecular weight is 299 g/mol. The summed E-state index contributed by atoms with van der Waals surface area (Å²) in [4.78, 5) is 0. The Balaban J connectivity index is 2.04. The van der Waals surface area contributed by atoms with Crippen molar-refractivity contribution in [2.24, 2.45) is 0 Å². The minimum absolute atomic E-state index is 0.138. The van der Waals surface area contributed by atoms with Crippen LogP contribution in [0.15, 0.2) is 36.4 Å². The van der Waals surface area contributed by atoms with E-state index in [4.69, 9.17) is 14.2 Å². The van der Waals surface area contributed by atoms with Crippen molar-refractivity contribution in [3.8, 4) is 17.2 Å². The highest BCUT2D eigenvalue weighted by Gasteiger charge is 2.24. The number of benzene rings is 2. The highest BCUT2D eigenvalue weighted by molar-refractivity contribution is 5.50.